The molecule has 2 aliphatic rings. The quantitative estimate of drug-likeness (QED) is 0.903. The van der Waals surface area contributed by atoms with Gasteiger partial charge in [0.1, 0.15) is 17.8 Å². The molecule has 1 aliphatic carbocycles. The SMILES string of the molecule is Cc1cccc(N2CCN(c3cc(C(=O)NC4CCCC4)ncn3)CC2)c1. The second-order valence-electron chi connectivity index (χ2n) is 7.53. The molecule has 0 unspecified atom stereocenters. The van der Waals surface area contributed by atoms with Gasteiger partial charge in [0.05, 0.1) is 0 Å². The molecule has 1 amide bonds. The summed E-state index contributed by atoms with van der Waals surface area (Å²) >= 11 is 0. The van der Waals surface area contributed by atoms with E-state index in [4.69, 9.17) is 0 Å². The number of carbonyl (C=O) groups is 1. The van der Waals surface area contributed by atoms with Crippen LogP contribution in [0.15, 0.2) is 36.7 Å². The zero-order valence-corrected chi connectivity index (χ0v) is 15.9. The lowest BCUT2D eigenvalue weighted by atomic mass is 10.2. The third kappa shape index (κ3) is 4.21. The largest absolute Gasteiger partial charge is 0.368 e. The molecule has 4 rings (SSSR count). The second-order valence-corrected chi connectivity index (χ2v) is 7.53. The minimum atomic E-state index is -0.0797. The van der Waals surface area contributed by atoms with Gasteiger partial charge in [-0.3, -0.25) is 4.79 Å². The van der Waals surface area contributed by atoms with Crippen LogP contribution in [-0.4, -0.2) is 48.1 Å². The van der Waals surface area contributed by atoms with Crippen LogP contribution in [0.5, 0.6) is 0 Å². The summed E-state index contributed by atoms with van der Waals surface area (Å²) in [5.74, 6) is 0.759. The Balaban J connectivity index is 1.39. The molecule has 142 valence electrons. The summed E-state index contributed by atoms with van der Waals surface area (Å²) in [5, 5.41) is 3.10. The minimum Gasteiger partial charge on any atom is -0.368 e. The van der Waals surface area contributed by atoms with Crippen LogP contribution in [-0.2, 0) is 0 Å². The Bertz CT molecular complexity index is 795. The third-order valence-electron chi connectivity index (χ3n) is 5.55. The highest BCUT2D eigenvalue weighted by Crippen LogP contribution is 2.21. The number of amides is 1. The lowest BCUT2D eigenvalue weighted by molar-refractivity contribution is 0.0932. The van der Waals surface area contributed by atoms with Gasteiger partial charge in [-0.25, -0.2) is 9.97 Å². The number of aryl methyl sites for hydroxylation is 1. The van der Waals surface area contributed by atoms with Crippen LogP contribution < -0.4 is 15.1 Å². The molecule has 0 bridgehead atoms. The zero-order chi connectivity index (χ0) is 18.6. The van der Waals surface area contributed by atoms with Gasteiger partial charge in [-0.05, 0) is 37.5 Å². The summed E-state index contributed by atoms with van der Waals surface area (Å²) < 4.78 is 0. The van der Waals surface area contributed by atoms with Crippen LogP contribution in [0, 0.1) is 6.92 Å². The monoisotopic (exact) mass is 365 g/mol. The van der Waals surface area contributed by atoms with E-state index in [0.717, 1.165) is 44.8 Å². The molecule has 0 spiro atoms. The molecule has 1 aliphatic heterocycles. The van der Waals surface area contributed by atoms with Gasteiger partial charge in [0.15, 0.2) is 0 Å². The standard InChI is InChI=1S/C21H27N5O/c1-16-5-4-8-18(13-16)25-9-11-26(12-10-25)20-14-19(22-15-23-20)21(27)24-17-6-2-3-7-17/h4-5,8,13-15,17H,2-3,6-7,9-12H2,1H3,(H,24,27). The average Bonchev–Trinajstić information content (AvgIpc) is 3.21. The summed E-state index contributed by atoms with van der Waals surface area (Å²) in [6.45, 7) is 5.77. The molecule has 1 N–H and O–H groups in total. The van der Waals surface area contributed by atoms with Crippen molar-refractivity contribution in [3.63, 3.8) is 0 Å². The Morgan fingerprint density at radius 3 is 2.52 bits per heavy atom. The molecular weight excluding hydrogens is 338 g/mol. The van der Waals surface area contributed by atoms with Gasteiger partial charge in [-0.15, -0.1) is 0 Å². The molecule has 1 saturated carbocycles. The van der Waals surface area contributed by atoms with Gasteiger partial charge in [-0.2, -0.15) is 0 Å². The highest BCUT2D eigenvalue weighted by atomic mass is 16.1. The Morgan fingerprint density at radius 1 is 1.04 bits per heavy atom. The fourth-order valence-electron chi connectivity index (χ4n) is 3.99. The maximum atomic E-state index is 12.5. The average molecular weight is 365 g/mol. The fourth-order valence-corrected chi connectivity index (χ4v) is 3.99. The summed E-state index contributed by atoms with van der Waals surface area (Å²) in [6, 6.07) is 10.8. The van der Waals surface area contributed by atoms with Gasteiger partial charge < -0.3 is 15.1 Å². The molecule has 6 heteroatoms. The Kier molecular flexibility index (Phi) is 5.23. The normalized spacial score (nSPS) is 18.0. The molecule has 6 nitrogen and oxygen atoms in total. The smallest absolute Gasteiger partial charge is 0.270 e. The van der Waals surface area contributed by atoms with Crippen LogP contribution in [0.25, 0.3) is 0 Å². The first-order chi connectivity index (χ1) is 13.2. The van der Waals surface area contributed by atoms with Gasteiger partial charge in [-0.1, -0.05) is 25.0 Å². The van der Waals surface area contributed by atoms with E-state index >= 15 is 0 Å². The lowest BCUT2D eigenvalue weighted by Gasteiger charge is -2.36. The number of hydrogen-bond donors (Lipinski definition) is 1. The fraction of sp³-hybridized carbons (Fsp3) is 0.476. The zero-order valence-electron chi connectivity index (χ0n) is 15.9. The van der Waals surface area contributed by atoms with Gasteiger partial charge in [0.25, 0.3) is 5.91 Å². The van der Waals surface area contributed by atoms with Crippen LogP contribution in [0.2, 0.25) is 0 Å². The van der Waals surface area contributed by atoms with Crippen LogP contribution in [0.3, 0.4) is 0 Å². The van der Waals surface area contributed by atoms with E-state index in [1.165, 1.54) is 30.4 Å². The highest BCUT2D eigenvalue weighted by Gasteiger charge is 2.22. The molecule has 1 saturated heterocycles. The molecule has 27 heavy (non-hydrogen) atoms. The molecule has 2 heterocycles. The number of nitrogens with one attached hydrogen (secondary N) is 1. The van der Waals surface area contributed by atoms with E-state index in [0.29, 0.717) is 11.7 Å². The molecule has 0 radical (unpaired) electrons. The number of carbonyl (C=O) groups excluding carboxylic acids is 1. The molecule has 0 atom stereocenters. The predicted molar refractivity (Wildman–Crippen MR) is 107 cm³/mol. The summed E-state index contributed by atoms with van der Waals surface area (Å²) in [5.41, 5.74) is 3.02. The lowest BCUT2D eigenvalue weighted by Crippen LogP contribution is -2.47. The maximum absolute atomic E-state index is 12.5. The van der Waals surface area contributed by atoms with Crippen molar-refractivity contribution < 1.29 is 4.79 Å². The van der Waals surface area contributed by atoms with Crippen molar-refractivity contribution in [1.82, 2.24) is 15.3 Å². The summed E-state index contributed by atoms with van der Waals surface area (Å²) in [4.78, 5) is 25.7. The Hall–Kier alpha value is -2.63. The maximum Gasteiger partial charge on any atom is 0.270 e. The van der Waals surface area contributed by atoms with Gasteiger partial charge >= 0.3 is 0 Å². The van der Waals surface area contributed by atoms with E-state index in [1.54, 1.807) is 0 Å². The van der Waals surface area contributed by atoms with E-state index in [-0.39, 0.29) is 5.91 Å². The topological polar surface area (TPSA) is 61.4 Å². The first-order valence-corrected chi connectivity index (χ1v) is 9.88. The number of piperazine rings is 1. The van der Waals surface area contributed by atoms with E-state index in [2.05, 4.69) is 56.3 Å². The minimum absolute atomic E-state index is 0.0797. The first-order valence-electron chi connectivity index (χ1n) is 9.88. The first kappa shape index (κ1) is 17.8. The van der Waals surface area contributed by atoms with Crippen LogP contribution >= 0.6 is 0 Å². The Morgan fingerprint density at radius 2 is 1.78 bits per heavy atom. The predicted octanol–water partition coefficient (Wildman–Crippen LogP) is 2.78. The number of hydrogen-bond acceptors (Lipinski definition) is 5. The number of aromatic nitrogens is 2. The van der Waals surface area contributed by atoms with E-state index < -0.39 is 0 Å². The van der Waals surface area contributed by atoms with Crippen LogP contribution in [0.4, 0.5) is 11.5 Å². The molecule has 2 fully saturated rings. The molecular formula is C21H27N5O. The Labute approximate surface area is 160 Å². The summed E-state index contributed by atoms with van der Waals surface area (Å²) in [7, 11) is 0. The van der Waals surface area contributed by atoms with Crippen molar-refractivity contribution in [3.05, 3.63) is 47.9 Å². The number of nitrogens with zero attached hydrogens (tertiary/aromatic N) is 4. The molecule has 1 aromatic heterocycles. The number of benzene rings is 1. The molecule has 1 aromatic carbocycles. The van der Waals surface area contributed by atoms with Crippen molar-refractivity contribution in [2.24, 2.45) is 0 Å². The van der Waals surface area contributed by atoms with E-state index in [9.17, 15) is 4.79 Å². The van der Waals surface area contributed by atoms with Gasteiger partial charge in [0.2, 0.25) is 0 Å². The highest BCUT2D eigenvalue weighted by molar-refractivity contribution is 5.93. The summed E-state index contributed by atoms with van der Waals surface area (Å²) in [6.07, 6.45) is 6.05. The van der Waals surface area contributed by atoms with Crippen LogP contribution in [0.1, 0.15) is 41.7 Å². The van der Waals surface area contributed by atoms with Crippen molar-refractivity contribution in [1.29, 1.82) is 0 Å². The van der Waals surface area contributed by atoms with E-state index in [1.807, 2.05) is 6.07 Å². The number of anilines is 2. The van der Waals surface area contributed by atoms with Crippen molar-refractivity contribution in [2.75, 3.05) is 36.0 Å². The van der Waals surface area contributed by atoms with Gasteiger partial charge in [0, 0.05) is 44.0 Å². The third-order valence-corrected chi connectivity index (χ3v) is 5.55. The van der Waals surface area contributed by atoms with Crippen molar-refractivity contribution in [2.45, 2.75) is 38.6 Å². The van der Waals surface area contributed by atoms with Crippen molar-refractivity contribution in [3.8, 4) is 0 Å². The number of rotatable bonds is 4. The molecule has 2 aromatic rings. The second kappa shape index (κ2) is 7.94. The van der Waals surface area contributed by atoms with Crippen molar-refractivity contribution >= 4 is 17.4 Å².